The van der Waals surface area contributed by atoms with Crippen LogP contribution in [0.15, 0.2) is 24.3 Å². The highest BCUT2D eigenvalue weighted by Crippen LogP contribution is 2.17. The van der Waals surface area contributed by atoms with E-state index in [1.165, 1.54) is 12.1 Å². The molecule has 1 N–H and O–H groups in total. The van der Waals surface area contributed by atoms with Gasteiger partial charge in [0.25, 0.3) is 0 Å². The first-order valence-electron chi connectivity index (χ1n) is 7.31. The maximum atomic E-state index is 13.0. The Kier molecular flexibility index (Phi) is 8.42. The lowest BCUT2D eigenvalue weighted by molar-refractivity contribution is 0.00357. The SMILES string of the molecule is CCCOCCOC(CNC(C)C)c1ccc(F)cc1. The fourth-order valence-corrected chi connectivity index (χ4v) is 1.79. The van der Waals surface area contributed by atoms with Crippen LogP contribution in [-0.2, 0) is 9.47 Å². The molecule has 1 unspecified atom stereocenters. The fourth-order valence-electron chi connectivity index (χ4n) is 1.79. The largest absolute Gasteiger partial charge is 0.379 e. The summed E-state index contributed by atoms with van der Waals surface area (Å²) in [7, 11) is 0. The van der Waals surface area contributed by atoms with Gasteiger partial charge in [0.1, 0.15) is 5.82 Å². The molecule has 4 heteroatoms. The Bertz CT molecular complexity index is 354. The Balaban J connectivity index is 2.49. The van der Waals surface area contributed by atoms with Gasteiger partial charge in [-0.1, -0.05) is 32.9 Å². The fraction of sp³-hybridized carbons (Fsp3) is 0.625. The molecule has 0 aliphatic carbocycles. The first-order valence-corrected chi connectivity index (χ1v) is 7.31. The predicted molar refractivity (Wildman–Crippen MR) is 79.3 cm³/mol. The van der Waals surface area contributed by atoms with Crippen molar-refractivity contribution < 1.29 is 13.9 Å². The molecule has 114 valence electrons. The number of ether oxygens (including phenoxy) is 2. The zero-order valence-corrected chi connectivity index (χ0v) is 12.7. The van der Waals surface area contributed by atoms with Crippen molar-refractivity contribution in [3.8, 4) is 0 Å². The molecule has 20 heavy (non-hydrogen) atoms. The Labute approximate surface area is 121 Å². The summed E-state index contributed by atoms with van der Waals surface area (Å²) < 4.78 is 24.2. The van der Waals surface area contributed by atoms with Crippen LogP contribution in [0.3, 0.4) is 0 Å². The lowest BCUT2D eigenvalue weighted by Gasteiger charge is -2.20. The molecule has 0 aliphatic heterocycles. The molecule has 1 aromatic rings. The van der Waals surface area contributed by atoms with Crippen molar-refractivity contribution in [3.05, 3.63) is 35.6 Å². The minimum atomic E-state index is -0.226. The standard InChI is InChI=1S/C16H26FNO2/c1-4-9-19-10-11-20-16(12-18-13(2)3)14-5-7-15(17)8-6-14/h5-8,13,16,18H,4,9-12H2,1-3H3. The van der Waals surface area contributed by atoms with Crippen molar-refractivity contribution in [2.75, 3.05) is 26.4 Å². The lowest BCUT2D eigenvalue weighted by atomic mass is 10.1. The number of rotatable bonds is 10. The minimum Gasteiger partial charge on any atom is -0.379 e. The molecule has 0 spiro atoms. The van der Waals surface area contributed by atoms with Gasteiger partial charge in [-0.15, -0.1) is 0 Å². The van der Waals surface area contributed by atoms with Crippen LogP contribution in [0, 0.1) is 5.82 Å². The van der Waals surface area contributed by atoms with Gasteiger partial charge in [0.05, 0.1) is 19.3 Å². The van der Waals surface area contributed by atoms with E-state index >= 15 is 0 Å². The van der Waals surface area contributed by atoms with Crippen LogP contribution in [0.5, 0.6) is 0 Å². The Hall–Kier alpha value is -0.970. The van der Waals surface area contributed by atoms with Gasteiger partial charge in [0, 0.05) is 19.2 Å². The first-order chi connectivity index (χ1) is 9.63. The van der Waals surface area contributed by atoms with Crippen LogP contribution in [0.1, 0.15) is 38.9 Å². The average molecular weight is 283 g/mol. The van der Waals surface area contributed by atoms with Gasteiger partial charge in [-0.2, -0.15) is 0 Å². The second-order valence-corrected chi connectivity index (χ2v) is 5.09. The molecule has 0 aliphatic rings. The van der Waals surface area contributed by atoms with E-state index in [2.05, 4.69) is 26.1 Å². The van der Waals surface area contributed by atoms with Crippen LogP contribution in [0.4, 0.5) is 4.39 Å². The van der Waals surface area contributed by atoms with E-state index in [1.807, 2.05) is 0 Å². The third-order valence-electron chi connectivity index (χ3n) is 2.85. The van der Waals surface area contributed by atoms with Crippen molar-refractivity contribution in [3.63, 3.8) is 0 Å². The summed E-state index contributed by atoms with van der Waals surface area (Å²) in [5.41, 5.74) is 0.982. The Morgan fingerprint density at radius 2 is 1.80 bits per heavy atom. The molecule has 0 bridgehead atoms. The van der Waals surface area contributed by atoms with Crippen LogP contribution in [0.25, 0.3) is 0 Å². The van der Waals surface area contributed by atoms with Gasteiger partial charge in [0.15, 0.2) is 0 Å². The molecule has 0 saturated heterocycles. The van der Waals surface area contributed by atoms with E-state index in [0.717, 1.165) is 18.6 Å². The van der Waals surface area contributed by atoms with Crippen molar-refractivity contribution in [2.24, 2.45) is 0 Å². The van der Waals surface area contributed by atoms with Crippen molar-refractivity contribution in [1.82, 2.24) is 5.32 Å². The van der Waals surface area contributed by atoms with E-state index in [0.29, 0.717) is 25.8 Å². The minimum absolute atomic E-state index is 0.0803. The predicted octanol–water partition coefficient (Wildman–Crippen LogP) is 3.31. The van der Waals surface area contributed by atoms with Gasteiger partial charge in [-0.3, -0.25) is 0 Å². The van der Waals surface area contributed by atoms with E-state index in [9.17, 15) is 4.39 Å². The molecule has 0 heterocycles. The molecule has 1 atom stereocenters. The van der Waals surface area contributed by atoms with Crippen LogP contribution in [0.2, 0.25) is 0 Å². The molecule has 0 fully saturated rings. The third-order valence-corrected chi connectivity index (χ3v) is 2.85. The molecule has 0 amide bonds. The highest BCUT2D eigenvalue weighted by atomic mass is 19.1. The first kappa shape index (κ1) is 17.1. The average Bonchev–Trinajstić information content (AvgIpc) is 2.43. The normalized spacial score (nSPS) is 12.8. The van der Waals surface area contributed by atoms with Crippen molar-refractivity contribution in [1.29, 1.82) is 0 Å². The maximum Gasteiger partial charge on any atom is 0.123 e. The van der Waals surface area contributed by atoms with E-state index in [4.69, 9.17) is 9.47 Å². The van der Waals surface area contributed by atoms with Gasteiger partial charge in [-0.05, 0) is 24.1 Å². The molecule has 1 aromatic carbocycles. The molecule has 0 radical (unpaired) electrons. The Morgan fingerprint density at radius 1 is 1.10 bits per heavy atom. The number of benzene rings is 1. The molecular formula is C16H26FNO2. The topological polar surface area (TPSA) is 30.5 Å². The van der Waals surface area contributed by atoms with Gasteiger partial charge >= 0.3 is 0 Å². The summed E-state index contributed by atoms with van der Waals surface area (Å²) in [4.78, 5) is 0. The van der Waals surface area contributed by atoms with E-state index in [1.54, 1.807) is 12.1 Å². The summed E-state index contributed by atoms with van der Waals surface area (Å²) >= 11 is 0. The summed E-state index contributed by atoms with van der Waals surface area (Å²) in [5.74, 6) is -0.226. The second-order valence-electron chi connectivity index (χ2n) is 5.09. The number of hydrogen-bond acceptors (Lipinski definition) is 3. The van der Waals surface area contributed by atoms with Crippen LogP contribution >= 0.6 is 0 Å². The summed E-state index contributed by atoms with van der Waals surface area (Å²) in [6.45, 7) is 8.85. The quantitative estimate of drug-likeness (QED) is 0.668. The molecular weight excluding hydrogens is 257 g/mol. The van der Waals surface area contributed by atoms with E-state index in [-0.39, 0.29) is 11.9 Å². The van der Waals surface area contributed by atoms with E-state index < -0.39 is 0 Å². The number of halogens is 1. The van der Waals surface area contributed by atoms with Gasteiger partial charge in [-0.25, -0.2) is 4.39 Å². The summed E-state index contributed by atoms with van der Waals surface area (Å²) in [6.07, 6.45) is 0.930. The molecule has 0 saturated carbocycles. The maximum absolute atomic E-state index is 13.0. The Morgan fingerprint density at radius 3 is 2.40 bits per heavy atom. The van der Waals surface area contributed by atoms with Gasteiger partial charge in [0.2, 0.25) is 0 Å². The molecule has 0 aromatic heterocycles. The van der Waals surface area contributed by atoms with Gasteiger partial charge < -0.3 is 14.8 Å². The zero-order chi connectivity index (χ0) is 14.8. The van der Waals surface area contributed by atoms with Crippen LogP contribution in [-0.4, -0.2) is 32.4 Å². The number of nitrogens with one attached hydrogen (secondary N) is 1. The monoisotopic (exact) mass is 283 g/mol. The van der Waals surface area contributed by atoms with Crippen molar-refractivity contribution in [2.45, 2.75) is 39.3 Å². The highest BCUT2D eigenvalue weighted by Gasteiger charge is 2.12. The molecule has 3 nitrogen and oxygen atoms in total. The summed E-state index contributed by atoms with van der Waals surface area (Å²) in [6, 6.07) is 6.87. The highest BCUT2D eigenvalue weighted by molar-refractivity contribution is 5.19. The smallest absolute Gasteiger partial charge is 0.123 e. The van der Waals surface area contributed by atoms with Crippen molar-refractivity contribution >= 4 is 0 Å². The third kappa shape index (κ3) is 6.98. The molecule has 1 rings (SSSR count). The number of hydrogen-bond donors (Lipinski definition) is 1. The second kappa shape index (κ2) is 9.86. The lowest BCUT2D eigenvalue weighted by Crippen LogP contribution is -2.29. The summed E-state index contributed by atoms with van der Waals surface area (Å²) in [5, 5.41) is 3.35. The van der Waals surface area contributed by atoms with Crippen LogP contribution < -0.4 is 5.32 Å². The zero-order valence-electron chi connectivity index (χ0n) is 12.7.